The SMILES string of the molecule is O=C(O)C1CCCCCN1c1ncc(Br)cc1[N+](=O)[O-]. The minimum absolute atomic E-state index is 0.132. The van der Waals surface area contributed by atoms with Crippen LogP contribution in [-0.2, 0) is 4.79 Å². The molecule has 1 unspecified atom stereocenters. The maximum absolute atomic E-state index is 11.4. The lowest BCUT2D eigenvalue weighted by molar-refractivity contribution is -0.384. The molecule has 0 aliphatic carbocycles. The van der Waals surface area contributed by atoms with E-state index in [1.165, 1.54) is 12.3 Å². The van der Waals surface area contributed by atoms with Crippen molar-refractivity contribution in [1.82, 2.24) is 4.98 Å². The van der Waals surface area contributed by atoms with E-state index in [1.807, 2.05) is 0 Å². The van der Waals surface area contributed by atoms with E-state index in [0.717, 1.165) is 19.3 Å². The van der Waals surface area contributed by atoms with Crippen LogP contribution in [0.25, 0.3) is 0 Å². The first-order valence-corrected chi connectivity index (χ1v) is 7.09. The number of carboxylic acids is 1. The predicted octanol–water partition coefficient (Wildman–Crippen LogP) is 2.59. The summed E-state index contributed by atoms with van der Waals surface area (Å²) in [7, 11) is 0. The highest BCUT2D eigenvalue weighted by Gasteiger charge is 2.32. The standard InChI is InChI=1S/C12H14BrN3O4/c13-8-6-10(16(19)20)11(14-7-8)15-5-3-1-2-4-9(15)12(17)18/h6-7,9H,1-5H2,(H,17,18). The normalized spacial score (nSPS) is 19.4. The van der Waals surface area contributed by atoms with Crippen molar-refractivity contribution in [2.75, 3.05) is 11.4 Å². The van der Waals surface area contributed by atoms with Gasteiger partial charge in [0.25, 0.3) is 0 Å². The van der Waals surface area contributed by atoms with Crippen molar-refractivity contribution in [3.05, 3.63) is 26.9 Å². The number of hydrogen-bond donors (Lipinski definition) is 1. The van der Waals surface area contributed by atoms with Gasteiger partial charge in [0.2, 0.25) is 5.82 Å². The van der Waals surface area contributed by atoms with Gasteiger partial charge in [0.15, 0.2) is 0 Å². The molecule has 1 saturated heterocycles. The summed E-state index contributed by atoms with van der Waals surface area (Å²) < 4.78 is 0.495. The summed E-state index contributed by atoms with van der Waals surface area (Å²) in [5, 5.41) is 20.5. The van der Waals surface area contributed by atoms with E-state index < -0.39 is 16.9 Å². The third-order valence-corrected chi connectivity index (χ3v) is 3.75. The molecule has 0 bridgehead atoms. The second-order valence-electron chi connectivity index (χ2n) is 4.65. The van der Waals surface area contributed by atoms with Crippen LogP contribution in [0.3, 0.4) is 0 Å². The summed E-state index contributed by atoms with van der Waals surface area (Å²) in [6, 6.07) is 0.594. The van der Waals surface area contributed by atoms with Crippen LogP contribution in [-0.4, -0.2) is 33.6 Å². The molecule has 8 heteroatoms. The van der Waals surface area contributed by atoms with Crippen molar-refractivity contribution >= 4 is 33.4 Å². The highest BCUT2D eigenvalue weighted by molar-refractivity contribution is 9.10. The molecule has 0 saturated carbocycles. The Morgan fingerprint density at radius 3 is 2.90 bits per heavy atom. The highest BCUT2D eigenvalue weighted by atomic mass is 79.9. The Hall–Kier alpha value is -1.70. The van der Waals surface area contributed by atoms with E-state index in [1.54, 1.807) is 4.90 Å². The van der Waals surface area contributed by atoms with Gasteiger partial charge in [-0.2, -0.15) is 0 Å². The number of rotatable bonds is 3. The first-order valence-electron chi connectivity index (χ1n) is 6.30. The Bertz CT molecular complexity index is 537. The minimum Gasteiger partial charge on any atom is -0.480 e. The number of aromatic nitrogens is 1. The molecule has 2 heterocycles. The van der Waals surface area contributed by atoms with Crippen LogP contribution >= 0.6 is 15.9 Å². The molecule has 1 fully saturated rings. The van der Waals surface area contributed by atoms with Crippen LogP contribution < -0.4 is 4.90 Å². The van der Waals surface area contributed by atoms with Gasteiger partial charge in [-0.1, -0.05) is 12.8 Å². The molecule has 1 aromatic rings. The summed E-state index contributed by atoms with van der Waals surface area (Å²) in [5.74, 6) is -0.835. The Kier molecular flexibility index (Phi) is 4.53. The van der Waals surface area contributed by atoms with Crippen LogP contribution in [0.4, 0.5) is 11.5 Å². The topological polar surface area (TPSA) is 96.6 Å². The van der Waals surface area contributed by atoms with Crippen LogP contribution in [0.2, 0.25) is 0 Å². The third-order valence-electron chi connectivity index (χ3n) is 3.32. The van der Waals surface area contributed by atoms with Crippen molar-refractivity contribution in [3.8, 4) is 0 Å². The number of nitrogens with zero attached hydrogens (tertiary/aromatic N) is 3. The quantitative estimate of drug-likeness (QED) is 0.669. The van der Waals surface area contributed by atoms with Crippen molar-refractivity contribution < 1.29 is 14.8 Å². The maximum atomic E-state index is 11.4. The summed E-state index contributed by atoms with van der Waals surface area (Å²) in [5.41, 5.74) is -0.174. The summed E-state index contributed by atoms with van der Waals surface area (Å²) in [4.78, 5) is 27.6. The molecule has 1 aliphatic heterocycles. The Morgan fingerprint density at radius 2 is 2.25 bits per heavy atom. The van der Waals surface area contributed by atoms with Crippen LogP contribution in [0.1, 0.15) is 25.7 Å². The van der Waals surface area contributed by atoms with E-state index in [9.17, 15) is 20.0 Å². The monoisotopic (exact) mass is 343 g/mol. The van der Waals surface area contributed by atoms with Gasteiger partial charge in [-0.15, -0.1) is 0 Å². The Morgan fingerprint density at radius 1 is 1.50 bits per heavy atom. The van der Waals surface area contributed by atoms with Gasteiger partial charge in [0.1, 0.15) is 6.04 Å². The molecule has 20 heavy (non-hydrogen) atoms. The van der Waals surface area contributed by atoms with Gasteiger partial charge in [0.05, 0.1) is 4.92 Å². The third kappa shape index (κ3) is 3.06. The average Bonchev–Trinajstić information content (AvgIpc) is 2.64. The molecule has 1 N–H and O–H groups in total. The number of hydrogen-bond acceptors (Lipinski definition) is 5. The molecule has 0 amide bonds. The van der Waals surface area contributed by atoms with Gasteiger partial charge in [-0.25, -0.2) is 9.78 Å². The van der Waals surface area contributed by atoms with Gasteiger partial charge in [-0.05, 0) is 28.8 Å². The predicted molar refractivity (Wildman–Crippen MR) is 75.8 cm³/mol. The van der Waals surface area contributed by atoms with Gasteiger partial charge < -0.3 is 10.0 Å². The van der Waals surface area contributed by atoms with Gasteiger partial charge in [-0.3, -0.25) is 10.1 Å². The van der Waals surface area contributed by atoms with Crippen LogP contribution in [0, 0.1) is 10.1 Å². The molecule has 2 rings (SSSR count). The molecule has 0 radical (unpaired) electrons. The first-order chi connectivity index (χ1) is 9.50. The zero-order chi connectivity index (χ0) is 14.7. The number of carbonyl (C=O) groups is 1. The Balaban J connectivity index is 2.46. The maximum Gasteiger partial charge on any atom is 0.326 e. The lowest BCUT2D eigenvalue weighted by Crippen LogP contribution is -2.41. The van der Waals surface area contributed by atoms with E-state index in [0.29, 0.717) is 17.4 Å². The van der Waals surface area contributed by atoms with Gasteiger partial charge in [0, 0.05) is 23.3 Å². The molecule has 7 nitrogen and oxygen atoms in total. The molecular formula is C12H14BrN3O4. The minimum atomic E-state index is -0.967. The zero-order valence-corrected chi connectivity index (χ0v) is 12.2. The second kappa shape index (κ2) is 6.17. The number of nitro groups is 1. The molecule has 0 spiro atoms. The first kappa shape index (κ1) is 14.7. The molecule has 1 atom stereocenters. The van der Waals surface area contributed by atoms with E-state index >= 15 is 0 Å². The number of pyridine rings is 1. The summed E-state index contributed by atoms with van der Waals surface area (Å²) in [6.45, 7) is 0.465. The molecular weight excluding hydrogens is 330 g/mol. The zero-order valence-electron chi connectivity index (χ0n) is 10.7. The summed E-state index contributed by atoms with van der Waals surface area (Å²) >= 11 is 3.15. The number of carboxylic acid groups (broad SMARTS) is 1. The lowest BCUT2D eigenvalue weighted by atomic mass is 10.1. The van der Waals surface area contributed by atoms with Crippen molar-refractivity contribution in [2.45, 2.75) is 31.7 Å². The average molecular weight is 344 g/mol. The Labute approximate surface area is 123 Å². The fraction of sp³-hybridized carbons (Fsp3) is 0.500. The van der Waals surface area contributed by atoms with Crippen molar-refractivity contribution in [3.63, 3.8) is 0 Å². The van der Waals surface area contributed by atoms with E-state index in [2.05, 4.69) is 20.9 Å². The highest BCUT2D eigenvalue weighted by Crippen LogP contribution is 2.32. The van der Waals surface area contributed by atoms with Crippen LogP contribution in [0.15, 0.2) is 16.7 Å². The van der Waals surface area contributed by atoms with Crippen molar-refractivity contribution in [2.24, 2.45) is 0 Å². The second-order valence-corrected chi connectivity index (χ2v) is 5.57. The van der Waals surface area contributed by atoms with Crippen LogP contribution in [0.5, 0.6) is 0 Å². The number of anilines is 1. The lowest BCUT2D eigenvalue weighted by Gasteiger charge is -2.27. The van der Waals surface area contributed by atoms with Crippen molar-refractivity contribution in [1.29, 1.82) is 0 Å². The number of halogens is 1. The summed E-state index contributed by atoms with van der Waals surface area (Å²) in [6.07, 6.45) is 4.46. The fourth-order valence-electron chi connectivity index (χ4n) is 2.40. The number of aliphatic carboxylic acids is 1. The fourth-order valence-corrected chi connectivity index (χ4v) is 2.71. The van der Waals surface area contributed by atoms with Gasteiger partial charge >= 0.3 is 11.7 Å². The molecule has 1 aromatic heterocycles. The molecule has 108 valence electrons. The van der Waals surface area contributed by atoms with E-state index in [4.69, 9.17) is 0 Å². The largest absolute Gasteiger partial charge is 0.480 e. The molecule has 0 aromatic carbocycles. The smallest absolute Gasteiger partial charge is 0.326 e. The van der Waals surface area contributed by atoms with E-state index in [-0.39, 0.29) is 11.5 Å². The molecule has 1 aliphatic rings.